The van der Waals surface area contributed by atoms with Crippen LogP contribution in [-0.2, 0) is 4.79 Å². The summed E-state index contributed by atoms with van der Waals surface area (Å²) >= 11 is 0. The highest BCUT2D eigenvalue weighted by Crippen LogP contribution is 2.41. The maximum absolute atomic E-state index is 12.0. The summed E-state index contributed by atoms with van der Waals surface area (Å²) in [6.45, 7) is 0. The third-order valence-corrected chi connectivity index (χ3v) is 3.33. The molecule has 0 saturated heterocycles. The van der Waals surface area contributed by atoms with E-state index in [1.807, 2.05) is 6.07 Å². The lowest BCUT2D eigenvalue weighted by atomic mass is 10.0. The number of fused-ring (bicyclic) bond motifs is 1. The average Bonchev–Trinajstić information content (AvgIpc) is 3.13. The zero-order valence-electron chi connectivity index (χ0n) is 9.18. The lowest BCUT2D eigenvalue weighted by molar-refractivity contribution is -0.118. The van der Waals surface area contributed by atoms with Crippen LogP contribution in [0.4, 0.5) is 11.4 Å². The largest absolute Gasteiger partial charge is 0.321 e. The van der Waals surface area contributed by atoms with Gasteiger partial charge in [0.1, 0.15) is 12.1 Å². The summed E-state index contributed by atoms with van der Waals surface area (Å²) in [7, 11) is 0. The minimum Gasteiger partial charge on any atom is -0.321 e. The summed E-state index contributed by atoms with van der Waals surface area (Å²) in [6.07, 6.45) is 2.08. The second kappa shape index (κ2) is 3.47. The van der Waals surface area contributed by atoms with E-state index in [1.165, 1.54) is 5.01 Å². The van der Waals surface area contributed by atoms with E-state index in [9.17, 15) is 4.79 Å². The maximum atomic E-state index is 12.0. The molecule has 17 heavy (non-hydrogen) atoms. The number of nitrogens with two attached hydrogens (primary N) is 1. The third-order valence-electron chi connectivity index (χ3n) is 3.33. The van der Waals surface area contributed by atoms with Gasteiger partial charge < -0.3 is 5.32 Å². The van der Waals surface area contributed by atoms with Crippen LogP contribution in [0.5, 0.6) is 0 Å². The predicted molar refractivity (Wildman–Crippen MR) is 63.0 cm³/mol. The Hall–Kier alpha value is -2.06. The summed E-state index contributed by atoms with van der Waals surface area (Å²) in [4.78, 5) is 12.0. The van der Waals surface area contributed by atoms with Crippen LogP contribution in [0.25, 0.3) is 0 Å². The Bertz CT molecular complexity index is 530. The molecule has 5 heteroatoms. The molecule has 1 heterocycles. The van der Waals surface area contributed by atoms with Crippen LogP contribution in [0.2, 0.25) is 0 Å². The SMILES string of the molecule is N#Cc1cccc2c1NC(=O)C(C1CC1)N2N. The van der Waals surface area contributed by atoms with Crippen molar-refractivity contribution in [1.29, 1.82) is 5.26 Å². The van der Waals surface area contributed by atoms with Crippen LogP contribution in [0.15, 0.2) is 18.2 Å². The van der Waals surface area contributed by atoms with E-state index in [1.54, 1.807) is 12.1 Å². The van der Waals surface area contributed by atoms with E-state index in [2.05, 4.69) is 11.4 Å². The van der Waals surface area contributed by atoms with Gasteiger partial charge in [-0.2, -0.15) is 5.26 Å². The van der Waals surface area contributed by atoms with Crippen LogP contribution in [-0.4, -0.2) is 11.9 Å². The fraction of sp³-hybridized carbons (Fsp3) is 0.333. The number of nitrogens with one attached hydrogen (secondary N) is 1. The minimum atomic E-state index is -0.295. The van der Waals surface area contributed by atoms with Gasteiger partial charge in [-0.3, -0.25) is 9.80 Å². The molecule has 1 amide bonds. The Morgan fingerprint density at radius 3 is 2.88 bits per heavy atom. The number of carbonyl (C=O) groups excluding carboxylic acids is 1. The van der Waals surface area contributed by atoms with Crippen molar-refractivity contribution >= 4 is 17.3 Å². The molecule has 0 aromatic heterocycles. The quantitative estimate of drug-likeness (QED) is 0.702. The van der Waals surface area contributed by atoms with Crippen LogP contribution in [0, 0.1) is 17.2 Å². The van der Waals surface area contributed by atoms with Gasteiger partial charge >= 0.3 is 0 Å². The minimum absolute atomic E-state index is 0.106. The smallest absolute Gasteiger partial charge is 0.249 e. The number of carbonyl (C=O) groups is 1. The number of nitriles is 1. The van der Waals surface area contributed by atoms with Gasteiger partial charge in [0.15, 0.2) is 0 Å². The van der Waals surface area contributed by atoms with Crippen LogP contribution in [0.1, 0.15) is 18.4 Å². The van der Waals surface area contributed by atoms with Crippen LogP contribution < -0.4 is 16.2 Å². The van der Waals surface area contributed by atoms with Crippen molar-refractivity contribution in [2.45, 2.75) is 18.9 Å². The first-order chi connectivity index (χ1) is 8.22. The highest BCUT2D eigenvalue weighted by Gasteiger charge is 2.43. The predicted octanol–water partition coefficient (Wildman–Crippen LogP) is 0.969. The molecule has 1 saturated carbocycles. The van der Waals surface area contributed by atoms with Gasteiger partial charge in [0.25, 0.3) is 0 Å². The maximum Gasteiger partial charge on any atom is 0.249 e. The lowest BCUT2D eigenvalue weighted by Gasteiger charge is -2.34. The molecule has 3 rings (SSSR count). The fourth-order valence-electron chi connectivity index (χ4n) is 2.31. The summed E-state index contributed by atoms with van der Waals surface area (Å²) in [6, 6.07) is 7.04. The van der Waals surface area contributed by atoms with Crippen molar-refractivity contribution in [2.24, 2.45) is 11.8 Å². The Labute approximate surface area is 98.8 Å². The van der Waals surface area contributed by atoms with Crippen molar-refractivity contribution < 1.29 is 4.79 Å². The highest BCUT2D eigenvalue weighted by atomic mass is 16.2. The molecule has 0 spiro atoms. The van der Waals surface area contributed by atoms with E-state index in [4.69, 9.17) is 11.1 Å². The van der Waals surface area contributed by atoms with Crippen molar-refractivity contribution in [2.75, 3.05) is 10.3 Å². The molecule has 1 atom stereocenters. The molecule has 1 fully saturated rings. The van der Waals surface area contributed by atoms with Crippen LogP contribution >= 0.6 is 0 Å². The molecule has 1 unspecified atom stereocenters. The number of benzene rings is 1. The van der Waals surface area contributed by atoms with Gasteiger partial charge in [-0.1, -0.05) is 6.07 Å². The number of hydrazine groups is 1. The molecule has 3 N–H and O–H groups in total. The summed E-state index contributed by atoms with van der Waals surface area (Å²) in [5, 5.41) is 13.3. The van der Waals surface area contributed by atoms with E-state index >= 15 is 0 Å². The number of nitrogens with zero attached hydrogens (tertiary/aromatic N) is 2. The molecule has 2 aliphatic rings. The fourth-order valence-corrected chi connectivity index (χ4v) is 2.31. The zero-order chi connectivity index (χ0) is 12.0. The van der Waals surface area contributed by atoms with Gasteiger partial charge in [-0.15, -0.1) is 0 Å². The van der Waals surface area contributed by atoms with Gasteiger partial charge in [0, 0.05) is 0 Å². The first kappa shape index (κ1) is 10.1. The van der Waals surface area contributed by atoms with Crippen LogP contribution in [0.3, 0.4) is 0 Å². The molecule has 86 valence electrons. The van der Waals surface area contributed by atoms with Crippen molar-refractivity contribution in [3.05, 3.63) is 23.8 Å². The number of para-hydroxylation sites is 1. The number of hydrogen-bond acceptors (Lipinski definition) is 4. The molecule has 1 aromatic rings. The molecule has 1 aliphatic heterocycles. The standard InChI is InChI=1S/C12H12N4O/c13-6-8-2-1-3-9-10(8)15-12(17)11(16(9)14)7-4-5-7/h1-3,7,11H,4-5,14H2,(H,15,17). The van der Waals surface area contributed by atoms with Crippen molar-refractivity contribution in [3.63, 3.8) is 0 Å². The molecule has 1 aromatic carbocycles. The molecule has 5 nitrogen and oxygen atoms in total. The first-order valence-electron chi connectivity index (χ1n) is 5.60. The number of amides is 1. The Kier molecular flexibility index (Phi) is 2.06. The zero-order valence-corrected chi connectivity index (χ0v) is 9.18. The normalized spacial score (nSPS) is 22.7. The van der Waals surface area contributed by atoms with Gasteiger partial charge in [0.05, 0.1) is 16.9 Å². The molecule has 0 bridgehead atoms. The summed E-state index contributed by atoms with van der Waals surface area (Å²) in [5.41, 5.74) is 1.69. The highest BCUT2D eigenvalue weighted by molar-refractivity contribution is 6.05. The monoisotopic (exact) mass is 228 g/mol. The van der Waals surface area contributed by atoms with Gasteiger partial charge in [0.2, 0.25) is 5.91 Å². The van der Waals surface area contributed by atoms with Crippen molar-refractivity contribution in [3.8, 4) is 6.07 Å². The first-order valence-corrected chi connectivity index (χ1v) is 5.60. The van der Waals surface area contributed by atoms with E-state index in [-0.39, 0.29) is 11.9 Å². The molecule has 0 radical (unpaired) electrons. The topological polar surface area (TPSA) is 82.2 Å². The van der Waals surface area contributed by atoms with E-state index < -0.39 is 0 Å². The Morgan fingerprint density at radius 1 is 1.47 bits per heavy atom. The van der Waals surface area contributed by atoms with Gasteiger partial charge in [-0.05, 0) is 30.9 Å². The summed E-state index contributed by atoms with van der Waals surface area (Å²) < 4.78 is 0. The molecule has 1 aliphatic carbocycles. The third kappa shape index (κ3) is 1.46. The Morgan fingerprint density at radius 2 is 2.24 bits per heavy atom. The molecular formula is C12H12N4O. The molecular weight excluding hydrogens is 216 g/mol. The Balaban J connectivity index is 2.08. The number of anilines is 2. The second-order valence-electron chi connectivity index (χ2n) is 4.49. The summed E-state index contributed by atoms with van der Waals surface area (Å²) in [5.74, 6) is 6.25. The van der Waals surface area contributed by atoms with Gasteiger partial charge in [-0.25, -0.2) is 5.84 Å². The number of rotatable bonds is 1. The lowest BCUT2D eigenvalue weighted by Crippen LogP contribution is -2.53. The van der Waals surface area contributed by atoms with E-state index in [0.717, 1.165) is 18.5 Å². The second-order valence-corrected chi connectivity index (χ2v) is 4.49. The van der Waals surface area contributed by atoms with E-state index in [0.29, 0.717) is 17.2 Å². The number of hydrogen-bond donors (Lipinski definition) is 2. The van der Waals surface area contributed by atoms with Crippen molar-refractivity contribution in [1.82, 2.24) is 0 Å². The average molecular weight is 228 g/mol.